The Balaban J connectivity index is 2.16. The molecule has 4 heteroatoms. The molecule has 0 unspecified atom stereocenters. The van der Waals surface area contributed by atoms with Crippen LogP contribution in [-0.4, -0.2) is 29.5 Å². The monoisotopic (exact) mass is 259 g/mol. The van der Waals surface area contributed by atoms with Crippen molar-refractivity contribution in [2.24, 2.45) is 0 Å². The fraction of sp³-hybridized carbons (Fsp3) is 0.333. The minimum absolute atomic E-state index is 0.225. The van der Waals surface area contributed by atoms with Crippen molar-refractivity contribution >= 4 is 12.0 Å². The van der Waals surface area contributed by atoms with Crippen LogP contribution in [0.15, 0.2) is 42.0 Å². The molecular formula is C15H17NO3. The van der Waals surface area contributed by atoms with Gasteiger partial charge in [-0.2, -0.15) is 0 Å². The van der Waals surface area contributed by atoms with Gasteiger partial charge in [0.15, 0.2) is 0 Å². The summed E-state index contributed by atoms with van der Waals surface area (Å²) in [4.78, 5) is 25.1. The second-order valence-electron chi connectivity index (χ2n) is 4.57. The van der Waals surface area contributed by atoms with E-state index in [1.165, 1.54) is 4.90 Å². The molecule has 1 aliphatic rings. The van der Waals surface area contributed by atoms with Gasteiger partial charge in [-0.15, -0.1) is 0 Å². The van der Waals surface area contributed by atoms with Gasteiger partial charge in [0.25, 0.3) is 5.91 Å². The van der Waals surface area contributed by atoms with E-state index in [1.54, 1.807) is 19.9 Å². The fourth-order valence-electron chi connectivity index (χ4n) is 2.06. The summed E-state index contributed by atoms with van der Waals surface area (Å²) in [6, 6.07) is 9.55. The van der Waals surface area contributed by atoms with E-state index < -0.39 is 6.09 Å². The number of imide groups is 1. The first kappa shape index (κ1) is 13.3. The molecule has 100 valence electrons. The Morgan fingerprint density at radius 2 is 2.11 bits per heavy atom. The lowest BCUT2D eigenvalue weighted by molar-refractivity contribution is -0.125. The highest BCUT2D eigenvalue weighted by Crippen LogP contribution is 2.19. The smallest absolute Gasteiger partial charge is 0.417 e. The summed E-state index contributed by atoms with van der Waals surface area (Å²) >= 11 is 0. The highest BCUT2D eigenvalue weighted by atomic mass is 16.6. The summed E-state index contributed by atoms with van der Waals surface area (Å²) in [7, 11) is 0. The van der Waals surface area contributed by atoms with Gasteiger partial charge >= 0.3 is 6.09 Å². The molecule has 0 aliphatic carbocycles. The Morgan fingerprint density at radius 3 is 2.74 bits per heavy atom. The highest BCUT2D eigenvalue weighted by molar-refractivity contribution is 6.03. The number of rotatable bonds is 3. The van der Waals surface area contributed by atoms with E-state index in [2.05, 4.69) is 0 Å². The molecular weight excluding hydrogens is 242 g/mol. The average Bonchev–Trinajstić information content (AvgIpc) is 2.79. The van der Waals surface area contributed by atoms with Gasteiger partial charge in [-0.05, 0) is 25.8 Å². The molecule has 4 nitrogen and oxygen atoms in total. The maximum Gasteiger partial charge on any atom is 0.417 e. The average molecular weight is 259 g/mol. The summed E-state index contributed by atoms with van der Waals surface area (Å²) < 4.78 is 5.01. The van der Waals surface area contributed by atoms with Crippen LogP contribution in [0.1, 0.15) is 19.4 Å². The third-order valence-corrected chi connectivity index (χ3v) is 3.26. The maximum absolute atomic E-state index is 12.1. The lowest BCUT2D eigenvalue weighted by atomic mass is 10.1. The number of nitrogens with zero attached hydrogens (tertiary/aromatic N) is 1. The summed E-state index contributed by atoms with van der Waals surface area (Å²) in [5.41, 5.74) is 1.64. The molecule has 19 heavy (non-hydrogen) atoms. The van der Waals surface area contributed by atoms with Crippen molar-refractivity contribution in [3.8, 4) is 0 Å². The zero-order valence-corrected chi connectivity index (χ0v) is 11.1. The number of carbonyl (C=O) groups excluding carboxylic acids is 2. The van der Waals surface area contributed by atoms with Crippen LogP contribution < -0.4 is 0 Å². The van der Waals surface area contributed by atoms with Crippen LogP contribution in [0.5, 0.6) is 0 Å². The molecule has 0 spiro atoms. The normalized spacial score (nSPS) is 19.5. The zero-order chi connectivity index (χ0) is 13.8. The van der Waals surface area contributed by atoms with Crippen LogP contribution in [0.4, 0.5) is 4.79 Å². The molecule has 0 radical (unpaired) electrons. The van der Waals surface area contributed by atoms with Crippen molar-refractivity contribution in [1.29, 1.82) is 0 Å². The van der Waals surface area contributed by atoms with Crippen LogP contribution in [-0.2, 0) is 16.0 Å². The number of hydrogen-bond donors (Lipinski definition) is 0. The number of ether oxygens (including phenoxy) is 1. The van der Waals surface area contributed by atoms with Crippen molar-refractivity contribution < 1.29 is 14.3 Å². The Labute approximate surface area is 112 Å². The van der Waals surface area contributed by atoms with E-state index in [9.17, 15) is 9.59 Å². The van der Waals surface area contributed by atoms with Gasteiger partial charge in [-0.25, -0.2) is 9.69 Å². The molecule has 1 fully saturated rings. The Bertz CT molecular complexity index is 507. The Kier molecular flexibility index (Phi) is 4.00. The van der Waals surface area contributed by atoms with Crippen LogP contribution in [0.2, 0.25) is 0 Å². The zero-order valence-electron chi connectivity index (χ0n) is 11.1. The second kappa shape index (κ2) is 5.69. The molecule has 1 aliphatic heterocycles. The van der Waals surface area contributed by atoms with Crippen LogP contribution in [0.3, 0.4) is 0 Å². The SMILES string of the molecule is CC=C(C)C(=O)N1C(=O)OC[C@H]1Cc1ccccc1. The molecule has 0 bridgehead atoms. The number of allylic oxidation sites excluding steroid dienone is 1. The third-order valence-electron chi connectivity index (χ3n) is 3.26. The van der Waals surface area contributed by atoms with Gasteiger partial charge in [0.1, 0.15) is 6.61 Å². The topological polar surface area (TPSA) is 46.6 Å². The number of amides is 2. The van der Waals surface area contributed by atoms with E-state index >= 15 is 0 Å². The number of cyclic esters (lactones) is 1. The minimum atomic E-state index is -0.549. The Hall–Kier alpha value is -2.10. The second-order valence-corrected chi connectivity index (χ2v) is 4.57. The lowest BCUT2D eigenvalue weighted by Crippen LogP contribution is -2.40. The number of hydrogen-bond acceptors (Lipinski definition) is 3. The van der Waals surface area contributed by atoms with Crippen LogP contribution in [0.25, 0.3) is 0 Å². The van der Waals surface area contributed by atoms with Crippen molar-refractivity contribution in [3.05, 3.63) is 47.5 Å². The molecule has 1 saturated heterocycles. The molecule has 1 atom stereocenters. The van der Waals surface area contributed by atoms with Crippen LogP contribution >= 0.6 is 0 Å². The van der Waals surface area contributed by atoms with Gasteiger partial charge in [0.2, 0.25) is 0 Å². The Morgan fingerprint density at radius 1 is 1.42 bits per heavy atom. The molecule has 2 amide bonds. The molecule has 0 saturated carbocycles. The van der Waals surface area contributed by atoms with Crippen LogP contribution in [0, 0.1) is 0 Å². The molecule has 0 N–H and O–H groups in total. The predicted octanol–water partition coefficient (Wildman–Crippen LogP) is 2.54. The van der Waals surface area contributed by atoms with Gasteiger partial charge in [-0.1, -0.05) is 36.4 Å². The number of benzene rings is 1. The predicted molar refractivity (Wildman–Crippen MR) is 71.6 cm³/mol. The quantitative estimate of drug-likeness (QED) is 0.784. The van der Waals surface area contributed by atoms with Gasteiger partial charge < -0.3 is 4.74 Å². The first-order chi connectivity index (χ1) is 9.13. The highest BCUT2D eigenvalue weighted by Gasteiger charge is 2.38. The molecule has 1 aromatic rings. The summed E-state index contributed by atoms with van der Waals surface area (Å²) in [6.45, 7) is 3.74. The summed E-state index contributed by atoms with van der Waals surface area (Å²) in [5.74, 6) is -0.272. The van der Waals surface area contributed by atoms with E-state index in [4.69, 9.17) is 4.74 Å². The molecule has 1 aromatic carbocycles. The van der Waals surface area contributed by atoms with Crippen molar-refractivity contribution in [2.75, 3.05) is 6.61 Å². The fourth-order valence-corrected chi connectivity index (χ4v) is 2.06. The first-order valence-electron chi connectivity index (χ1n) is 6.30. The van der Waals surface area contributed by atoms with Gasteiger partial charge in [0, 0.05) is 5.57 Å². The van der Waals surface area contributed by atoms with Crippen molar-refractivity contribution in [1.82, 2.24) is 4.90 Å². The number of carbonyl (C=O) groups is 2. The van der Waals surface area contributed by atoms with Gasteiger partial charge in [0.05, 0.1) is 6.04 Å². The van der Waals surface area contributed by atoms with Crippen molar-refractivity contribution in [2.45, 2.75) is 26.3 Å². The molecule has 0 aromatic heterocycles. The lowest BCUT2D eigenvalue weighted by Gasteiger charge is -2.19. The molecule has 1 heterocycles. The summed E-state index contributed by atoms with van der Waals surface area (Å²) in [6.07, 6.45) is 1.77. The molecule has 2 rings (SSSR count). The van der Waals surface area contributed by atoms with E-state index in [1.807, 2.05) is 30.3 Å². The minimum Gasteiger partial charge on any atom is -0.447 e. The largest absolute Gasteiger partial charge is 0.447 e. The van der Waals surface area contributed by atoms with Gasteiger partial charge in [-0.3, -0.25) is 4.79 Å². The summed E-state index contributed by atoms with van der Waals surface area (Å²) in [5, 5.41) is 0. The van der Waals surface area contributed by atoms with E-state index in [-0.39, 0.29) is 18.6 Å². The van der Waals surface area contributed by atoms with E-state index in [0.29, 0.717) is 12.0 Å². The maximum atomic E-state index is 12.1. The van der Waals surface area contributed by atoms with E-state index in [0.717, 1.165) is 5.56 Å². The third kappa shape index (κ3) is 2.84. The first-order valence-corrected chi connectivity index (χ1v) is 6.30. The standard InChI is InChI=1S/C15H17NO3/c1-3-11(2)14(17)16-13(10-19-15(16)18)9-12-7-5-4-6-8-12/h3-8,13H,9-10H2,1-2H3/t13-/m1/s1. The van der Waals surface area contributed by atoms with Crippen molar-refractivity contribution in [3.63, 3.8) is 0 Å².